The van der Waals surface area contributed by atoms with Gasteiger partial charge in [-0.3, -0.25) is 4.79 Å². The third-order valence-electron chi connectivity index (χ3n) is 17.4. The topological polar surface area (TPSA) is 307 Å². The van der Waals surface area contributed by atoms with E-state index in [0.29, 0.717) is 12.8 Å². The standard InChI is InChI=1S/C64H123NO18/c1-3-5-7-9-10-11-12-13-14-15-16-17-18-19-20-21-22-23-24-25-26-27-28-29-30-31-32-33-34-35-36-38-40-42-52(70)65-47(48(69)41-39-37-8-6-4-2)46-78-62-58(76)55(73)60(50(44-67)80-62)83-64-59(77)56(74)61(51(45-68)81-64)82-63-57(75)54(72)53(71)49(43-66)79-63/h47-51,53-64,66-69,71-77H,3-46H2,1-2H3,(H,65,70). The van der Waals surface area contributed by atoms with Crippen LogP contribution in [0.25, 0.3) is 0 Å². The van der Waals surface area contributed by atoms with Crippen LogP contribution >= 0.6 is 0 Å². The van der Waals surface area contributed by atoms with Crippen LogP contribution in [0.4, 0.5) is 0 Å². The summed E-state index contributed by atoms with van der Waals surface area (Å²) in [6, 6.07) is -0.878. The first-order valence-electron chi connectivity index (χ1n) is 33.8. The van der Waals surface area contributed by atoms with Crippen molar-refractivity contribution in [3.8, 4) is 0 Å². The van der Waals surface area contributed by atoms with Gasteiger partial charge in [0.1, 0.15) is 73.2 Å². The van der Waals surface area contributed by atoms with Gasteiger partial charge in [-0.05, 0) is 12.8 Å². The molecule has 17 atom stereocenters. The van der Waals surface area contributed by atoms with Crippen LogP contribution in [0.3, 0.4) is 0 Å². The zero-order valence-electron chi connectivity index (χ0n) is 51.7. The lowest BCUT2D eigenvalue weighted by Crippen LogP contribution is -2.66. The van der Waals surface area contributed by atoms with Gasteiger partial charge in [0.05, 0.1) is 38.6 Å². The Kier molecular flexibility index (Phi) is 43.7. The van der Waals surface area contributed by atoms with E-state index in [1.807, 2.05) is 0 Å². The molecule has 0 aliphatic carbocycles. The number of aliphatic hydroxyl groups excluding tert-OH is 11. The Labute approximate surface area is 500 Å². The molecule has 12 N–H and O–H groups in total. The second-order valence-electron chi connectivity index (χ2n) is 24.7. The van der Waals surface area contributed by atoms with E-state index < -0.39 is 124 Å². The van der Waals surface area contributed by atoms with Gasteiger partial charge in [0.2, 0.25) is 5.91 Å². The van der Waals surface area contributed by atoms with Gasteiger partial charge in [-0.15, -0.1) is 0 Å². The average molecular weight is 1190 g/mol. The van der Waals surface area contributed by atoms with Crippen molar-refractivity contribution in [1.29, 1.82) is 0 Å². The lowest BCUT2D eigenvalue weighted by molar-refractivity contribution is -0.379. The van der Waals surface area contributed by atoms with Crippen LogP contribution in [-0.2, 0) is 33.2 Å². The molecule has 3 saturated heterocycles. The molecular formula is C64H123NO18. The van der Waals surface area contributed by atoms with Crippen LogP contribution in [0.15, 0.2) is 0 Å². The van der Waals surface area contributed by atoms with E-state index in [4.69, 9.17) is 28.4 Å². The fourth-order valence-corrected chi connectivity index (χ4v) is 11.9. The number of amides is 1. The van der Waals surface area contributed by atoms with Crippen LogP contribution in [0.2, 0.25) is 0 Å². The van der Waals surface area contributed by atoms with E-state index in [-0.39, 0.29) is 18.9 Å². The highest BCUT2D eigenvalue weighted by atomic mass is 16.8. The molecule has 83 heavy (non-hydrogen) atoms. The van der Waals surface area contributed by atoms with Crippen molar-refractivity contribution in [2.75, 3.05) is 26.4 Å². The Hall–Kier alpha value is -1.21. The molecule has 0 aromatic rings. The minimum absolute atomic E-state index is 0.244. The van der Waals surface area contributed by atoms with E-state index in [1.54, 1.807) is 0 Å². The SMILES string of the molecule is CCCCCCCCCCCCCCCCCCCCCCCCCCCCCCCCCCCC(=O)NC(COC1OC(CO)C(OC2OC(CO)C(OC3OC(CO)C(O)C(O)C3O)C(O)C2O)C(O)C1O)C(O)CCCCCCC. The predicted octanol–water partition coefficient (Wildman–Crippen LogP) is 7.94. The van der Waals surface area contributed by atoms with E-state index >= 15 is 0 Å². The van der Waals surface area contributed by atoms with Crippen LogP contribution in [0, 0.1) is 0 Å². The van der Waals surface area contributed by atoms with Crippen molar-refractivity contribution in [2.45, 2.75) is 375 Å². The van der Waals surface area contributed by atoms with E-state index in [9.17, 15) is 61.0 Å². The second-order valence-corrected chi connectivity index (χ2v) is 24.7. The van der Waals surface area contributed by atoms with Crippen molar-refractivity contribution in [3.05, 3.63) is 0 Å². The molecule has 0 radical (unpaired) electrons. The Morgan fingerprint density at radius 2 is 0.687 bits per heavy atom. The highest BCUT2D eigenvalue weighted by molar-refractivity contribution is 5.76. The third-order valence-corrected chi connectivity index (χ3v) is 17.4. The number of ether oxygens (including phenoxy) is 6. The minimum atomic E-state index is -1.97. The summed E-state index contributed by atoms with van der Waals surface area (Å²) >= 11 is 0. The number of rotatable bonds is 52. The van der Waals surface area contributed by atoms with Crippen molar-refractivity contribution >= 4 is 5.91 Å². The molecule has 19 nitrogen and oxygen atoms in total. The Bertz CT molecular complexity index is 1520. The molecule has 0 aromatic heterocycles. The number of unbranched alkanes of at least 4 members (excludes halogenated alkanes) is 36. The molecule has 3 rings (SSSR count). The average Bonchev–Trinajstić information content (AvgIpc) is 3.52. The molecule has 3 aliphatic rings. The van der Waals surface area contributed by atoms with E-state index in [2.05, 4.69) is 19.2 Å². The summed E-state index contributed by atoms with van der Waals surface area (Å²) in [6.07, 6.45) is 23.1. The highest BCUT2D eigenvalue weighted by Crippen LogP contribution is 2.33. The number of aliphatic hydroxyl groups is 11. The molecule has 492 valence electrons. The van der Waals surface area contributed by atoms with Gasteiger partial charge in [-0.25, -0.2) is 0 Å². The molecular weight excluding hydrogens is 1070 g/mol. The zero-order valence-corrected chi connectivity index (χ0v) is 51.7. The van der Waals surface area contributed by atoms with Gasteiger partial charge in [0.15, 0.2) is 18.9 Å². The van der Waals surface area contributed by atoms with Gasteiger partial charge in [0.25, 0.3) is 0 Å². The summed E-state index contributed by atoms with van der Waals surface area (Å²) in [5, 5.41) is 120. The summed E-state index contributed by atoms with van der Waals surface area (Å²) in [5.74, 6) is -0.244. The van der Waals surface area contributed by atoms with Crippen molar-refractivity contribution < 1.29 is 89.4 Å². The molecule has 19 heteroatoms. The molecule has 3 fully saturated rings. The monoisotopic (exact) mass is 1190 g/mol. The Morgan fingerprint density at radius 3 is 1.05 bits per heavy atom. The number of carbonyl (C=O) groups excluding carboxylic acids is 1. The van der Waals surface area contributed by atoms with E-state index in [0.717, 1.165) is 51.4 Å². The largest absolute Gasteiger partial charge is 0.394 e. The van der Waals surface area contributed by atoms with Crippen molar-refractivity contribution in [3.63, 3.8) is 0 Å². The maximum atomic E-state index is 13.3. The van der Waals surface area contributed by atoms with Gasteiger partial charge < -0.3 is 89.9 Å². The molecule has 1 amide bonds. The van der Waals surface area contributed by atoms with Crippen molar-refractivity contribution in [1.82, 2.24) is 5.32 Å². The summed E-state index contributed by atoms with van der Waals surface area (Å²) in [6.45, 7) is 1.71. The normalized spacial score (nSPS) is 29.3. The first kappa shape index (κ1) is 76.0. The third kappa shape index (κ3) is 30.7. The maximum Gasteiger partial charge on any atom is 0.220 e. The number of carbonyl (C=O) groups is 1. The molecule has 0 bridgehead atoms. The summed E-state index contributed by atoms with van der Waals surface area (Å²) in [5.41, 5.74) is 0. The highest BCUT2D eigenvalue weighted by Gasteiger charge is 2.53. The van der Waals surface area contributed by atoms with Crippen LogP contribution in [0.1, 0.15) is 271 Å². The second kappa shape index (κ2) is 47.7. The number of hydrogen-bond acceptors (Lipinski definition) is 18. The quantitative estimate of drug-likeness (QED) is 0.0257. The van der Waals surface area contributed by atoms with Gasteiger partial charge in [-0.1, -0.05) is 251 Å². The van der Waals surface area contributed by atoms with Crippen LogP contribution in [-0.4, -0.2) is 193 Å². The molecule has 3 aliphatic heterocycles. The zero-order chi connectivity index (χ0) is 60.5. The Balaban J connectivity index is 1.26. The van der Waals surface area contributed by atoms with Crippen LogP contribution in [0.5, 0.6) is 0 Å². The molecule has 17 unspecified atom stereocenters. The number of hydrogen-bond donors (Lipinski definition) is 12. The van der Waals surface area contributed by atoms with Gasteiger partial charge in [0, 0.05) is 6.42 Å². The molecule has 3 heterocycles. The first-order valence-corrected chi connectivity index (χ1v) is 33.8. The summed E-state index contributed by atoms with van der Waals surface area (Å²) < 4.78 is 34.2. The fraction of sp³-hybridized carbons (Fsp3) is 0.984. The smallest absolute Gasteiger partial charge is 0.220 e. The lowest BCUT2D eigenvalue weighted by atomic mass is 9.96. The van der Waals surface area contributed by atoms with Crippen molar-refractivity contribution in [2.24, 2.45) is 0 Å². The molecule has 0 saturated carbocycles. The molecule has 0 spiro atoms. The number of nitrogens with one attached hydrogen (secondary N) is 1. The lowest BCUT2D eigenvalue weighted by Gasteiger charge is -2.48. The summed E-state index contributed by atoms with van der Waals surface area (Å²) in [4.78, 5) is 13.3. The predicted molar refractivity (Wildman–Crippen MR) is 319 cm³/mol. The van der Waals surface area contributed by atoms with Gasteiger partial charge >= 0.3 is 0 Å². The first-order chi connectivity index (χ1) is 40.3. The summed E-state index contributed by atoms with van der Waals surface area (Å²) in [7, 11) is 0. The van der Waals surface area contributed by atoms with E-state index in [1.165, 1.54) is 186 Å². The van der Waals surface area contributed by atoms with Gasteiger partial charge in [-0.2, -0.15) is 0 Å². The molecule has 0 aromatic carbocycles. The Morgan fingerprint density at radius 1 is 0.386 bits per heavy atom. The minimum Gasteiger partial charge on any atom is -0.394 e. The van der Waals surface area contributed by atoms with Crippen LogP contribution < -0.4 is 5.32 Å². The fourth-order valence-electron chi connectivity index (χ4n) is 11.9. The maximum absolute atomic E-state index is 13.3.